The van der Waals surface area contributed by atoms with Gasteiger partial charge in [-0.25, -0.2) is 19.2 Å². The molecule has 2 aromatic heterocycles. The third kappa shape index (κ3) is 3.34. The molecule has 0 unspecified atom stereocenters. The van der Waals surface area contributed by atoms with Crippen molar-refractivity contribution < 1.29 is 13.9 Å². The van der Waals surface area contributed by atoms with Crippen molar-refractivity contribution in [2.45, 2.75) is 5.16 Å². The van der Waals surface area contributed by atoms with Gasteiger partial charge in [0.2, 0.25) is 0 Å². The highest BCUT2D eigenvalue weighted by atomic mass is 79.9. The van der Waals surface area contributed by atoms with Crippen LogP contribution in [0.4, 0.5) is 4.39 Å². The number of aromatic nitrogens is 3. The fourth-order valence-corrected chi connectivity index (χ4v) is 2.94. The number of pyridine rings is 1. The van der Waals surface area contributed by atoms with Crippen LogP contribution in [-0.2, 0) is 0 Å². The summed E-state index contributed by atoms with van der Waals surface area (Å²) >= 11 is 4.60. The Kier molecular flexibility index (Phi) is 4.96. The first-order chi connectivity index (χ1) is 11.6. The number of hydrogen-bond donors (Lipinski definition) is 0. The van der Waals surface area contributed by atoms with Gasteiger partial charge in [-0.3, -0.25) is 4.57 Å². The number of halogens is 2. The van der Waals surface area contributed by atoms with E-state index in [4.69, 9.17) is 4.74 Å². The molecule has 0 aliphatic heterocycles. The standard InChI is InChI=1S/C16H11BrFN3O2S/c1-24-16-20-9-12(21(16)11-6-4-10(18)5-7-11)15(22)23-13-3-2-8-19-14(13)17/h2-9H,1H3. The number of carbonyl (C=O) groups excluding carboxylic acids is 1. The molecule has 0 aliphatic carbocycles. The van der Waals surface area contributed by atoms with Gasteiger partial charge in [-0.2, -0.15) is 0 Å². The summed E-state index contributed by atoms with van der Waals surface area (Å²) in [6.45, 7) is 0. The van der Waals surface area contributed by atoms with E-state index in [-0.39, 0.29) is 11.5 Å². The maximum Gasteiger partial charge on any atom is 0.362 e. The summed E-state index contributed by atoms with van der Waals surface area (Å²) in [6.07, 6.45) is 4.85. The maximum absolute atomic E-state index is 13.2. The number of thioether (sulfide) groups is 1. The molecule has 1 aromatic carbocycles. The van der Waals surface area contributed by atoms with Gasteiger partial charge in [0, 0.05) is 11.9 Å². The Hall–Kier alpha value is -2.19. The van der Waals surface area contributed by atoms with Gasteiger partial charge in [0.25, 0.3) is 0 Å². The minimum atomic E-state index is -0.583. The number of esters is 1. The predicted octanol–water partition coefficient (Wildman–Crippen LogP) is 4.11. The molecular weight excluding hydrogens is 397 g/mol. The third-order valence-corrected chi connectivity index (χ3v) is 4.38. The number of rotatable bonds is 4. The van der Waals surface area contributed by atoms with Gasteiger partial charge >= 0.3 is 5.97 Å². The lowest BCUT2D eigenvalue weighted by atomic mass is 10.3. The molecule has 0 bridgehead atoms. The molecule has 0 aliphatic rings. The van der Waals surface area contributed by atoms with E-state index in [2.05, 4.69) is 25.9 Å². The second kappa shape index (κ2) is 7.14. The Morgan fingerprint density at radius 1 is 1.25 bits per heavy atom. The zero-order chi connectivity index (χ0) is 17.1. The van der Waals surface area contributed by atoms with Crippen molar-refractivity contribution in [3.8, 4) is 11.4 Å². The fraction of sp³-hybridized carbons (Fsp3) is 0.0625. The van der Waals surface area contributed by atoms with Gasteiger partial charge in [0.1, 0.15) is 10.4 Å². The molecule has 3 aromatic rings. The Balaban J connectivity index is 1.99. The smallest absolute Gasteiger partial charge is 0.362 e. The van der Waals surface area contributed by atoms with E-state index in [9.17, 15) is 9.18 Å². The fourth-order valence-electron chi connectivity index (χ4n) is 2.06. The number of nitrogens with zero attached hydrogens (tertiary/aromatic N) is 3. The average Bonchev–Trinajstić information content (AvgIpc) is 3.02. The second-order valence-corrected chi connectivity index (χ2v) is 6.15. The molecule has 0 saturated carbocycles. The van der Waals surface area contributed by atoms with E-state index in [0.717, 1.165) is 0 Å². The summed E-state index contributed by atoms with van der Waals surface area (Å²) in [7, 11) is 0. The van der Waals surface area contributed by atoms with Crippen molar-refractivity contribution in [2.75, 3.05) is 6.26 Å². The Morgan fingerprint density at radius 2 is 2.00 bits per heavy atom. The molecule has 0 radical (unpaired) electrons. The molecule has 0 atom stereocenters. The van der Waals surface area contributed by atoms with Crippen LogP contribution in [0.5, 0.6) is 5.75 Å². The number of carbonyl (C=O) groups is 1. The molecule has 5 nitrogen and oxygen atoms in total. The molecule has 0 saturated heterocycles. The lowest BCUT2D eigenvalue weighted by Gasteiger charge is -2.11. The Bertz CT molecular complexity index is 883. The Morgan fingerprint density at radius 3 is 2.67 bits per heavy atom. The first-order valence-electron chi connectivity index (χ1n) is 6.80. The molecule has 0 N–H and O–H groups in total. The van der Waals surface area contributed by atoms with Crippen molar-refractivity contribution in [1.82, 2.24) is 14.5 Å². The van der Waals surface area contributed by atoms with Gasteiger partial charge in [0.15, 0.2) is 16.6 Å². The quantitative estimate of drug-likeness (QED) is 0.370. The molecular formula is C16H11BrFN3O2S. The van der Waals surface area contributed by atoms with Crippen LogP contribution in [0.1, 0.15) is 10.5 Å². The molecule has 24 heavy (non-hydrogen) atoms. The minimum absolute atomic E-state index is 0.238. The zero-order valence-corrected chi connectivity index (χ0v) is 14.8. The first-order valence-corrected chi connectivity index (χ1v) is 8.82. The molecule has 0 spiro atoms. The van der Waals surface area contributed by atoms with Crippen LogP contribution in [0, 0.1) is 5.82 Å². The van der Waals surface area contributed by atoms with Crippen molar-refractivity contribution in [3.63, 3.8) is 0 Å². The van der Waals surface area contributed by atoms with Crippen LogP contribution in [0.25, 0.3) is 5.69 Å². The normalized spacial score (nSPS) is 10.6. The van der Waals surface area contributed by atoms with E-state index in [1.807, 2.05) is 6.26 Å². The summed E-state index contributed by atoms with van der Waals surface area (Å²) in [4.78, 5) is 20.8. The van der Waals surface area contributed by atoms with E-state index in [0.29, 0.717) is 21.2 Å². The van der Waals surface area contributed by atoms with Gasteiger partial charge in [-0.1, -0.05) is 11.8 Å². The van der Waals surface area contributed by atoms with Crippen LogP contribution in [-0.4, -0.2) is 26.8 Å². The van der Waals surface area contributed by atoms with E-state index < -0.39 is 5.97 Å². The molecule has 0 fully saturated rings. The van der Waals surface area contributed by atoms with E-state index in [1.165, 1.54) is 30.1 Å². The van der Waals surface area contributed by atoms with Gasteiger partial charge in [-0.15, -0.1) is 0 Å². The van der Waals surface area contributed by atoms with E-state index >= 15 is 0 Å². The van der Waals surface area contributed by atoms with Crippen molar-refractivity contribution >= 4 is 33.7 Å². The summed E-state index contributed by atoms with van der Waals surface area (Å²) in [5, 5.41) is 0.596. The maximum atomic E-state index is 13.2. The molecule has 0 amide bonds. The number of imidazole rings is 1. The number of hydrogen-bond acceptors (Lipinski definition) is 5. The average molecular weight is 408 g/mol. The van der Waals surface area contributed by atoms with Gasteiger partial charge in [0.05, 0.1) is 6.20 Å². The zero-order valence-electron chi connectivity index (χ0n) is 12.4. The first kappa shape index (κ1) is 16.7. The summed E-state index contributed by atoms with van der Waals surface area (Å²) in [5.41, 5.74) is 0.858. The Labute approximate surface area is 150 Å². The SMILES string of the molecule is CSc1ncc(C(=O)Oc2cccnc2Br)n1-c1ccc(F)cc1. The van der Waals surface area contributed by atoms with Crippen LogP contribution in [0.15, 0.2) is 58.6 Å². The van der Waals surface area contributed by atoms with Crippen LogP contribution < -0.4 is 4.74 Å². The number of ether oxygens (including phenoxy) is 1. The molecule has 122 valence electrons. The largest absolute Gasteiger partial charge is 0.419 e. The lowest BCUT2D eigenvalue weighted by molar-refractivity contribution is 0.0723. The minimum Gasteiger partial charge on any atom is -0.419 e. The van der Waals surface area contributed by atoms with Crippen molar-refractivity contribution in [3.05, 3.63) is 64.9 Å². The molecule has 2 heterocycles. The number of benzene rings is 1. The summed E-state index contributed by atoms with van der Waals surface area (Å²) in [5.74, 6) is -0.631. The second-order valence-electron chi connectivity index (χ2n) is 4.62. The topological polar surface area (TPSA) is 57.0 Å². The van der Waals surface area contributed by atoms with Crippen LogP contribution in [0.2, 0.25) is 0 Å². The van der Waals surface area contributed by atoms with Crippen molar-refractivity contribution in [2.24, 2.45) is 0 Å². The van der Waals surface area contributed by atoms with Gasteiger partial charge in [-0.05, 0) is 58.6 Å². The molecule has 3 rings (SSSR count). The third-order valence-electron chi connectivity index (χ3n) is 3.13. The highest BCUT2D eigenvalue weighted by Crippen LogP contribution is 2.25. The molecule has 8 heteroatoms. The van der Waals surface area contributed by atoms with Crippen molar-refractivity contribution in [1.29, 1.82) is 0 Å². The van der Waals surface area contributed by atoms with Crippen LogP contribution >= 0.6 is 27.7 Å². The van der Waals surface area contributed by atoms with E-state index in [1.54, 1.807) is 35.0 Å². The highest BCUT2D eigenvalue weighted by Gasteiger charge is 2.20. The predicted molar refractivity (Wildman–Crippen MR) is 92.2 cm³/mol. The lowest BCUT2D eigenvalue weighted by Crippen LogP contribution is -2.14. The van der Waals surface area contributed by atoms with Gasteiger partial charge < -0.3 is 4.74 Å². The highest BCUT2D eigenvalue weighted by molar-refractivity contribution is 9.10. The van der Waals surface area contributed by atoms with Crippen LogP contribution in [0.3, 0.4) is 0 Å². The summed E-state index contributed by atoms with van der Waals surface area (Å²) < 4.78 is 20.6. The monoisotopic (exact) mass is 407 g/mol. The summed E-state index contributed by atoms with van der Waals surface area (Å²) in [6, 6.07) is 9.10.